The number of nitrogens with two attached hydrogens (primary N) is 1. The third kappa shape index (κ3) is 3.87. The van der Waals surface area contributed by atoms with Gasteiger partial charge in [-0.1, -0.05) is 0 Å². The van der Waals surface area contributed by atoms with Crippen LogP contribution < -0.4 is 11.2 Å². The maximum atomic E-state index is 14.4. The molecule has 13 heteroatoms. The van der Waals surface area contributed by atoms with E-state index in [9.17, 15) is 37.1 Å². The van der Waals surface area contributed by atoms with Crippen LogP contribution in [0.5, 0.6) is 5.75 Å². The molecule has 4 heterocycles. The summed E-state index contributed by atoms with van der Waals surface area (Å²) in [6, 6.07) is -1.06. The second-order valence-electron chi connectivity index (χ2n) is 9.79. The molecule has 3 aliphatic heterocycles. The van der Waals surface area contributed by atoms with Crippen LogP contribution in [0.15, 0.2) is 23.1 Å². The molecule has 3 N–H and O–H groups in total. The number of fused-ring (bicyclic) bond motifs is 5. The lowest BCUT2D eigenvalue weighted by molar-refractivity contribution is -0.228. The third-order valence-electron chi connectivity index (χ3n) is 7.65. The van der Waals surface area contributed by atoms with Crippen molar-refractivity contribution in [3.05, 3.63) is 62.8 Å². The molecule has 0 aliphatic carbocycles. The maximum absolute atomic E-state index is 14.4. The second-order valence-corrected chi connectivity index (χ2v) is 9.79. The highest BCUT2D eigenvalue weighted by molar-refractivity contribution is 5.99. The minimum absolute atomic E-state index is 0.0333. The summed E-state index contributed by atoms with van der Waals surface area (Å²) < 4.78 is 57.7. The molecule has 198 valence electrons. The number of hydrogen-bond donors (Lipinski definition) is 2. The van der Waals surface area contributed by atoms with E-state index < -0.39 is 82.5 Å². The molecule has 0 saturated carbocycles. The van der Waals surface area contributed by atoms with Gasteiger partial charge in [-0.05, 0) is 19.8 Å². The SMILES string of the molecule is C[C@H]1CC[C@]2(CC(CF)N(Cc3c(F)cc(F)cc3F)O2)[C@H]2CN1C(=O)c1c(O)c(=O)c(C(N)=O)cn12. The molecule has 1 spiro atoms. The molecule has 9 nitrogen and oxygen atoms in total. The van der Waals surface area contributed by atoms with Crippen LogP contribution in [0, 0.1) is 17.5 Å². The van der Waals surface area contributed by atoms with Crippen LogP contribution in [-0.4, -0.2) is 62.4 Å². The monoisotopic (exact) mass is 524 g/mol. The van der Waals surface area contributed by atoms with Crippen LogP contribution in [-0.2, 0) is 11.4 Å². The van der Waals surface area contributed by atoms with Crippen LogP contribution in [0.3, 0.4) is 0 Å². The maximum Gasteiger partial charge on any atom is 0.274 e. The van der Waals surface area contributed by atoms with E-state index in [1.807, 2.05) is 0 Å². The number of hydrogen-bond acceptors (Lipinski definition) is 6. The molecule has 37 heavy (non-hydrogen) atoms. The Hall–Kier alpha value is -3.45. The van der Waals surface area contributed by atoms with Crippen LogP contribution in [0.25, 0.3) is 0 Å². The molecular formula is C24H24F4N4O5. The number of primary amides is 1. The zero-order chi connectivity index (χ0) is 26.8. The van der Waals surface area contributed by atoms with Crippen molar-refractivity contribution >= 4 is 11.8 Å². The van der Waals surface area contributed by atoms with Gasteiger partial charge in [-0.15, -0.1) is 0 Å². The first-order valence-corrected chi connectivity index (χ1v) is 11.7. The fourth-order valence-corrected chi connectivity index (χ4v) is 5.68. The van der Waals surface area contributed by atoms with E-state index in [0.29, 0.717) is 18.6 Å². The Kier molecular flexibility index (Phi) is 6.02. The molecule has 0 radical (unpaired) electrons. The van der Waals surface area contributed by atoms with Gasteiger partial charge in [0.2, 0.25) is 5.43 Å². The Morgan fingerprint density at radius 3 is 2.54 bits per heavy atom. The number of pyridine rings is 1. The van der Waals surface area contributed by atoms with E-state index in [1.165, 1.54) is 9.47 Å². The average molecular weight is 524 g/mol. The van der Waals surface area contributed by atoms with E-state index in [2.05, 4.69) is 0 Å². The third-order valence-corrected chi connectivity index (χ3v) is 7.65. The summed E-state index contributed by atoms with van der Waals surface area (Å²) in [5.41, 5.74) is 1.60. The molecule has 1 aromatic heterocycles. The molecule has 2 bridgehead atoms. The van der Waals surface area contributed by atoms with Gasteiger partial charge in [0, 0.05) is 42.9 Å². The van der Waals surface area contributed by atoms with Crippen molar-refractivity contribution in [2.45, 2.75) is 56.5 Å². The van der Waals surface area contributed by atoms with Gasteiger partial charge in [-0.2, -0.15) is 5.06 Å². The van der Waals surface area contributed by atoms with Crippen molar-refractivity contribution in [1.82, 2.24) is 14.5 Å². The molecule has 2 saturated heterocycles. The van der Waals surface area contributed by atoms with Crippen molar-refractivity contribution in [2.24, 2.45) is 5.73 Å². The number of aromatic nitrogens is 1. The lowest BCUT2D eigenvalue weighted by atomic mass is 9.83. The van der Waals surface area contributed by atoms with Crippen molar-refractivity contribution in [3.63, 3.8) is 0 Å². The van der Waals surface area contributed by atoms with Gasteiger partial charge in [0.15, 0.2) is 11.4 Å². The molecule has 2 fully saturated rings. The molecule has 2 amide bonds. The minimum atomic E-state index is -1.24. The molecule has 1 unspecified atom stereocenters. The van der Waals surface area contributed by atoms with Gasteiger partial charge >= 0.3 is 0 Å². The van der Waals surface area contributed by atoms with Gasteiger partial charge in [-0.3, -0.25) is 19.2 Å². The Morgan fingerprint density at radius 1 is 1.24 bits per heavy atom. The molecular weight excluding hydrogens is 500 g/mol. The Bertz CT molecular complexity index is 1340. The zero-order valence-electron chi connectivity index (χ0n) is 19.7. The molecule has 4 atom stereocenters. The number of halogens is 4. The number of aromatic hydroxyl groups is 1. The highest BCUT2D eigenvalue weighted by atomic mass is 19.1. The minimum Gasteiger partial charge on any atom is -0.503 e. The normalized spacial score (nSPS) is 27.4. The Morgan fingerprint density at radius 2 is 1.92 bits per heavy atom. The number of hydroxylamine groups is 2. The first kappa shape index (κ1) is 25.2. The molecule has 3 aliphatic rings. The van der Waals surface area contributed by atoms with Gasteiger partial charge < -0.3 is 20.3 Å². The predicted octanol–water partition coefficient (Wildman–Crippen LogP) is 2.16. The van der Waals surface area contributed by atoms with Gasteiger partial charge in [0.25, 0.3) is 11.8 Å². The second kappa shape index (κ2) is 8.84. The lowest BCUT2D eigenvalue weighted by Crippen LogP contribution is -2.52. The van der Waals surface area contributed by atoms with E-state index in [1.54, 1.807) is 6.92 Å². The molecule has 2 aromatic rings. The number of carbonyl (C=O) groups is 2. The van der Waals surface area contributed by atoms with Gasteiger partial charge in [0.05, 0.1) is 18.6 Å². The topological polar surface area (TPSA) is 118 Å². The quantitative estimate of drug-likeness (QED) is 0.592. The summed E-state index contributed by atoms with van der Waals surface area (Å²) in [5, 5.41) is 11.7. The van der Waals surface area contributed by atoms with Crippen LogP contribution in [0.1, 0.15) is 58.6 Å². The molecule has 5 rings (SSSR count). The van der Waals surface area contributed by atoms with Crippen molar-refractivity contribution in [1.29, 1.82) is 0 Å². The van der Waals surface area contributed by atoms with Crippen molar-refractivity contribution in [2.75, 3.05) is 13.2 Å². The highest BCUT2D eigenvalue weighted by Gasteiger charge is 2.56. The fraction of sp³-hybridized carbons (Fsp3) is 0.458. The smallest absolute Gasteiger partial charge is 0.274 e. The number of amides is 2. The first-order chi connectivity index (χ1) is 17.5. The van der Waals surface area contributed by atoms with Crippen LogP contribution >= 0.6 is 0 Å². The van der Waals surface area contributed by atoms with Gasteiger partial charge in [-0.25, -0.2) is 17.6 Å². The number of rotatable bonds is 4. The number of benzene rings is 1. The largest absolute Gasteiger partial charge is 0.503 e. The first-order valence-electron chi connectivity index (χ1n) is 11.7. The zero-order valence-corrected chi connectivity index (χ0v) is 19.7. The predicted molar refractivity (Wildman–Crippen MR) is 120 cm³/mol. The summed E-state index contributed by atoms with van der Waals surface area (Å²) >= 11 is 0. The average Bonchev–Trinajstić information content (AvgIpc) is 3.14. The fourth-order valence-electron chi connectivity index (χ4n) is 5.68. The standard InChI is InChI=1S/C24H24F4N4O5/c1-11-2-3-24(6-13(7-25)32(37-24)9-14-16(27)4-12(26)5-17(14)28)18-10-30(11)23(36)19-21(34)20(33)15(22(29)35)8-31(18)19/h4-5,8,11,13,18,34H,2-3,6-7,9-10H2,1H3,(H2,29,35)/t11-,13?,18+,24-/m0/s1. The van der Waals surface area contributed by atoms with Crippen LogP contribution in [0.2, 0.25) is 0 Å². The van der Waals surface area contributed by atoms with Crippen molar-refractivity contribution < 1.29 is 37.1 Å². The summed E-state index contributed by atoms with van der Waals surface area (Å²) in [7, 11) is 0. The number of carbonyl (C=O) groups excluding carboxylic acids is 2. The summed E-state index contributed by atoms with van der Waals surface area (Å²) in [6.07, 6.45) is 1.80. The van der Waals surface area contributed by atoms with Gasteiger partial charge in [0.1, 0.15) is 35.3 Å². The van der Waals surface area contributed by atoms with Crippen LogP contribution in [0.4, 0.5) is 17.6 Å². The number of alkyl halides is 1. The highest BCUT2D eigenvalue weighted by Crippen LogP contribution is 2.49. The lowest BCUT2D eigenvalue weighted by Gasteiger charge is -2.42. The summed E-state index contributed by atoms with van der Waals surface area (Å²) in [5.74, 6) is -6.07. The summed E-state index contributed by atoms with van der Waals surface area (Å²) in [4.78, 5) is 45.4. The Balaban J connectivity index is 1.62. The summed E-state index contributed by atoms with van der Waals surface area (Å²) in [6.45, 7) is 0.360. The van der Waals surface area contributed by atoms with Crippen molar-refractivity contribution in [3.8, 4) is 5.75 Å². The van der Waals surface area contributed by atoms with E-state index in [-0.39, 0.29) is 31.1 Å². The Labute approximate surface area is 208 Å². The van der Waals surface area contributed by atoms with E-state index in [0.717, 1.165) is 11.3 Å². The van der Waals surface area contributed by atoms with E-state index >= 15 is 0 Å². The van der Waals surface area contributed by atoms with E-state index in [4.69, 9.17) is 10.6 Å². The molecule has 1 aromatic carbocycles. The number of nitrogens with zero attached hydrogens (tertiary/aromatic N) is 3.